The average molecular weight is 401 g/mol. The van der Waals surface area contributed by atoms with Crippen molar-refractivity contribution in [2.75, 3.05) is 45.3 Å². The molecule has 0 unspecified atom stereocenters. The minimum absolute atomic E-state index is 0.0429. The number of carbonyl (C=O) groups excluding carboxylic acids is 1. The van der Waals surface area contributed by atoms with Crippen molar-refractivity contribution in [3.8, 4) is 0 Å². The summed E-state index contributed by atoms with van der Waals surface area (Å²) in [6, 6.07) is 3.50. The lowest BCUT2D eigenvalue weighted by molar-refractivity contribution is 0.0258. The number of piperidine rings is 1. The van der Waals surface area contributed by atoms with E-state index >= 15 is 0 Å². The maximum Gasteiger partial charge on any atom is 0.338 e. The number of nitrogens with two attached hydrogens (primary N) is 1. The van der Waals surface area contributed by atoms with E-state index in [1.807, 2.05) is 6.07 Å². The standard InChI is InChI=1S/C17H25BrN2O4/c18-15-11-13(17(22)24-9-8-23-7-6-21)10-14(16(15)19)12-20-4-2-1-3-5-20/h10-11,21H,1-9,12,19H2. The Balaban J connectivity index is 1.98. The Kier molecular flexibility index (Phi) is 7.98. The van der Waals surface area contributed by atoms with Crippen LogP contribution in [0.2, 0.25) is 0 Å². The molecule has 1 aliphatic heterocycles. The van der Waals surface area contributed by atoms with E-state index in [-0.39, 0.29) is 26.4 Å². The van der Waals surface area contributed by atoms with Gasteiger partial charge < -0.3 is 20.3 Å². The predicted molar refractivity (Wildman–Crippen MR) is 95.9 cm³/mol. The zero-order chi connectivity index (χ0) is 17.4. The number of carbonyl (C=O) groups is 1. The van der Waals surface area contributed by atoms with Crippen LogP contribution in [0.15, 0.2) is 16.6 Å². The molecule has 0 bridgehead atoms. The SMILES string of the molecule is Nc1c(Br)cc(C(=O)OCCOCCO)cc1CN1CCCCC1. The molecule has 24 heavy (non-hydrogen) atoms. The highest BCUT2D eigenvalue weighted by molar-refractivity contribution is 9.10. The largest absolute Gasteiger partial charge is 0.460 e. The molecule has 0 amide bonds. The second-order valence-electron chi connectivity index (χ2n) is 5.84. The van der Waals surface area contributed by atoms with E-state index in [9.17, 15) is 4.79 Å². The van der Waals surface area contributed by atoms with Crippen molar-refractivity contribution in [2.45, 2.75) is 25.8 Å². The Morgan fingerprint density at radius 1 is 1.21 bits per heavy atom. The van der Waals surface area contributed by atoms with Crippen LogP contribution in [0.25, 0.3) is 0 Å². The molecule has 1 saturated heterocycles. The summed E-state index contributed by atoms with van der Waals surface area (Å²) < 4.78 is 11.0. The average Bonchev–Trinajstić information content (AvgIpc) is 2.59. The molecule has 0 atom stereocenters. The number of nitrogens with zero attached hydrogens (tertiary/aromatic N) is 1. The maximum atomic E-state index is 12.2. The quantitative estimate of drug-likeness (QED) is 0.395. The topological polar surface area (TPSA) is 85.0 Å². The van der Waals surface area contributed by atoms with Crippen LogP contribution in [0, 0.1) is 0 Å². The number of nitrogen functional groups attached to an aromatic ring is 1. The first-order valence-electron chi connectivity index (χ1n) is 8.28. The van der Waals surface area contributed by atoms with Crippen LogP contribution in [-0.2, 0) is 16.0 Å². The third kappa shape index (κ3) is 5.73. The molecular weight excluding hydrogens is 376 g/mol. The highest BCUT2D eigenvalue weighted by Gasteiger charge is 2.17. The molecule has 0 aromatic heterocycles. The number of benzene rings is 1. The normalized spacial score (nSPS) is 15.4. The second-order valence-corrected chi connectivity index (χ2v) is 6.69. The van der Waals surface area contributed by atoms with Crippen LogP contribution >= 0.6 is 15.9 Å². The van der Waals surface area contributed by atoms with Crippen LogP contribution < -0.4 is 5.73 Å². The van der Waals surface area contributed by atoms with Crippen LogP contribution in [0.3, 0.4) is 0 Å². The van der Waals surface area contributed by atoms with Gasteiger partial charge in [0, 0.05) is 11.0 Å². The molecule has 7 heteroatoms. The fourth-order valence-electron chi connectivity index (χ4n) is 2.73. The second kappa shape index (κ2) is 9.98. The number of aliphatic hydroxyl groups is 1. The van der Waals surface area contributed by atoms with Gasteiger partial charge >= 0.3 is 5.97 Å². The third-order valence-corrected chi connectivity index (χ3v) is 4.65. The molecule has 1 aromatic rings. The van der Waals surface area contributed by atoms with E-state index in [0.29, 0.717) is 15.7 Å². The molecule has 1 heterocycles. The number of ether oxygens (including phenoxy) is 2. The Labute approximate surface area is 151 Å². The number of esters is 1. The molecule has 3 N–H and O–H groups in total. The van der Waals surface area contributed by atoms with Gasteiger partial charge in [0.1, 0.15) is 6.61 Å². The van der Waals surface area contributed by atoms with Gasteiger partial charge in [-0.05, 0) is 59.6 Å². The first-order chi connectivity index (χ1) is 11.6. The number of halogens is 1. The van der Waals surface area contributed by atoms with Gasteiger partial charge in [0.25, 0.3) is 0 Å². The Morgan fingerprint density at radius 3 is 2.67 bits per heavy atom. The van der Waals surface area contributed by atoms with Crippen molar-refractivity contribution in [2.24, 2.45) is 0 Å². The number of aliphatic hydroxyl groups excluding tert-OH is 1. The van der Waals surface area contributed by atoms with Gasteiger partial charge in [-0.25, -0.2) is 4.79 Å². The minimum atomic E-state index is -0.400. The highest BCUT2D eigenvalue weighted by Crippen LogP contribution is 2.28. The van der Waals surface area contributed by atoms with E-state index in [4.69, 9.17) is 20.3 Å². The van der Waals surface area contributed by atoms with Gasteiger partial charge in [0.15, 0.2) is 0 Å². The molecule has 0 saturated carbocycles. The van der Waals surface area contributed by atoms with Gasteiger partial charge in [-0.3, -0.25) is 4.90 Å². The molecule has 1 aromatic carbocycles. The van der Waals surface area contributed by atoms with E-state index < -0.39 is 5.97 Å². The highest BCUT2D eigenvalue weighted by atomic mass is 79.9. The third-order valence-electron chi connectivity index (χ3n) is 3.99. The Morgan fingerprint density at radius 2 is 1.96 bits per heavy atom. The van der Waals surface area contributed by atoms with Crippen LogP contribution in [0.4, 0.5) is 5.69 Å². The summed E-state index contributed by atoms with van der Waals surface area (Å²) in [5.41, 5.74) is 8.24. The van der Waals surface area contributed by atoms with Gasteiger partial charge in [-0.1, -0.05) is 6.42 Å². The Hall–Kier alpha value is -1.15. The summed E-state index contributed by atoms with van der Waals surface area (Å²) in [6.45, 7) is 3.49. The van der Waals surface area contributed by atoms with E-state index in [2.05, 4.69) is 20.8 Å². The summed E-state index contributed by atoms with van der Waals surface area (Å²) in [7, 11) is 0. The number of hydrogen-bond acceptors (Lipinski definition) is 6. The molecule has 1 aliphatic rings. The summed E-state index contributed by atoms with van der Waals surface area (Å²) in [4.78, 5) is 14.5. The summed E-state index contributed by atoms with van der Waals surface area (Å²) in [5.74, 6) is -0.400. The summed E-state index contributed by atoms with van der Waals surface area (Å²) in [6.07, 6.45) is 3.69. The smallest absolute Gasteiger partial charge is 0.338 e. The lowest BCUT2D eigenvalue weighted by Gasteiger charge is -2.27. The van der Waals surface area contributed by atoms with Crippen molar-refractivity contribution < 1.29 is 19.4 Å². The molecule has 6 nitrogen and oxygen atoms in total. The van der Waals surface area contributed by atoms with Crippen molar-refractivity contribution in [1.29, 1.82) is 0 Å². The first kappa shape index (κ1) is 19.2. The van der Waals surface area contributed by atoms with Crippen molar-refractivity contribution in [1.82, 2.24) is 4.90 Å². The van der Waals surface area contributed by atoms with Crippen molar-refractivity contribution >= 4 is 27.6 Å². The van der Waals surface area contributed by atoms with Crippen molar-refractivity contribution in [3.05, 3.63) is 27.7 Å². The number of likely N-dealkylation sites (tertiary alicyclic amines) is 1. The first-order valence-corrected chi connectivity index (χ1v) is 9.07. The predicted octanol–water partition coefficient (Wildman–Crippen LogP) is 2.18. The summed E-state index contributed by atoms with van der Waals surface area (Å²) in [5, 5.41) is 8.62. The fourth-order valence-corrected chi connectivity index (χ4v) is 3.23. The van der Waals surface area contributed by atoms with Crippen LogP contribution in [0.5, 0.6) is 0 Å². The van der Waals surface area contributed by atoms with Gasteiger partial charge in [-0.2, -0.15) is 0 Å². The summed E-state index contributed by atoms with van der Waals surface area (Å²) >= 11 is 3.43. The van der Waals surface area contributed by atoms with E-state index in [0.717, 1.165) is 25.2 Å². The monoisotopic (exact) mass is 400 g/mol. The van der Waals surface area contributed by atoms with Gasteiger partial charge in [-0.15, -0.1) is 0 Å². The lowest BCUT2D eigenvalue weighted by Crippen LogP contribution is -2.29. The minimum Gasteiger partial charge on any atom is -0.460 e. The molecule has 2 rings (SSSR count). The van der Waals surface area contributed by atoms with Gasteiger partial charge in [0.05, 0.1) is 31.1 Å². The van der Waals surface area contributed by atoms with E-state index in [1.165, 1.54) is 19.3 Å². The number of hydrogen-bond donors (Lipinski definition) is 2. The molecule has 0 radical (unpaired) electrons. The zero-order valence-electron chi connectivity index (χ0n) is 13.8. The molecular formula is C17H25BrN2O4. The lowest BCUT2D eigenvalue weighted by atomic mass is 10.1. The Bertz CT molecular complexity index is 548. The van der Waals surface area contributed by atoms with Gasteiger partial charge in [0.2, 0.25) is 0 Å². The molecule has 1 fully saturated rings. The fraction of sp³-hybridized carbons (Fsp3) is 0.588. The molecule has 0 spiro atoms. The molecule has 0 aliphatic carbocycles. The van der Waals surface area contributed by atoms with Crippen molar-refractivity contribution in [3.63, 3.8) is 0 Å². The number of rotatable bonds is 8. The zero-order valence-corrected chi connectivity index (χ0v) is 15.4. The van der Waals surface area contributed by atoms with E-state index in [1.54, 1.807) is 6.07 Å². The molecule has 134 valence electrons. The maximum absolute atomic E-state index is 12.2. The van der Waals surface area contributed by atoms with Crippen LogP contribution in [0.1, 0.15) is 35.2 Å². The van der Waals surface area contributed by atoms with Crippen LogP contribution in [-0.4, -0.2) is 55.5 Å². The number of anilines is 1.